The predicted octanol–water partition coefficient (Wildman–Crippen LogP) is 4.21. The minimum absolute atomic E-state index is 0.0234. The van der Waals surface area contributed by atoms with Gasteiger partial charge in [-0.05, 0) is 37.3 Å². The van der Waals surface area contributed by atoms with Crippen LogP contribution in [0.2, 0.25) is 10.0 Å². The lowest BCUT2D eigenvalue weighted by molar-refractivity contribution is 0.102. The fraction of sp³-hybridized carbons (Fsp3) is 0.0625. The van der Waals surface area contributed by atoms with Crippen molar-refractivity contribution >= 4 is 61.3 Å². The topological polar surface area (TPSA) is 101 Å². The standard InChI is InChI=1S/C16H12Cl2N4O3S2/c1-9-2-5-11(6-3-9)22-27(24,25)16-21-20-15(26-16)19-14(23)12-7-4-10(17)8-13(12)18/h2-8,22H,1H3,(H,19,20,23). The van der Waals surface area contributed by atoms with Gasteiger partial charge in [0.2, 0.25) is 5.13 Å². The molecule has 7 nitrogen and oxygen atoms in total. The SMILES string of the molecule is Cc1ccc(NS(=O)(=O)c2nnc(NC(=O)c3ccc(Cl)cc3Cl)s2)cc1. The van der Waals surface area contributed by atoms with Crippen molar-refractivity contribution in [1.82, 2.24) is 10.2 Å². The molecule has 1 amide bonds. The molecule has 0 aliphatic carbocycles. The number of hydrogen-bond donors (Lipinski definition) is 2. The zero-order valence-electron chi connectivity index (χ0n) is 13.7. The van der Waals surface area contributed by atoms with Crippen molar-refractivity contribution in [2.45, 2.75) is 11.3 Å². The molecule has 27 heavy (non-hydrogen) atoms. The number of carbonyl (C=O) groups is 1. The molecule has 0 aliphatic heterocycles. The molecular formula is C16H12Cl2N4O3S2. The lowest BCUT2D eigenvalue weighted by Gasteiger charge is -2.05. The maximum atomic E-state index is 12.4. The number of rotatable bonds is 5. The second-order valence-corrected chi connectivity index (χ2v) is 9.10. The highest BCUT2D eigenvalue weighted by Gasteiger charge is 2.22. The molecule has 3 aromatic rings. The summed E-state index contributed by atoms with van der Waals surface area (Å²) in [5.41, 5.74) is 1.58. The van der Waals surface area contributed by atoms with E-state index in [1.807, 2.05) is 6.92 Å². The van der Waals surface area contributed by atoms with Crippen LogP contribution in [0.1, 0.15) is 15.9 Å². The van der Waals surface area contributed by atoms with Gasteiger partial charge in [-0.3, -0.25) is 14.8 Å². The van der Waals surface area contributed by atoms with Crippen LogP contribution in [0.5, 0.6) is 0 Å². The lowest BCUT2D eigenvalue weighted by atomic mass is 10.2. The van der Waals surface area contributed by atoms with Gasteiger partial charge in [-0.2, -0.15) is 8.42 Å². The molecule has 0 radical (unpaired) electrons. The molecule has 0 aliphatic rings. The van der Waals surface area contributed by atoms with E-state index in [0.29, 0.717) is 10.7 Å². The summed E-state index contributed by atoms with van der Waals surface area (Å²) < 4.78 is 26.9. The molecule has 0 saturated heterocycles. The normalized spacial score (nSPS) is 11.2. The fourth-order valence-electron chi connectivity index (χ4n) is 2.03. The third-order valence-electron chi connectivity index (χ3n) is 3.34. The van der Waals surface area contributed by atoms with E-state index < -0.39 is 15.9 Å². The Morgan fingerprint density at radius 2 is 1.78 bits per heavy atom. The molecule has 140 valence electrons. The van der Waals surface area contributed by atoms with Crippen LogP contribution < -0.4 is 10.0 Å². The highest BCUT2D eigenvalue weighted by Crippen LogP contribution is 2.25. The van der Waals surface area contributed by atoms with Gasteiger partial charge in [-0.1, -0.05) is 52.2 Å². The lowest BCUT2D eigenvalue weighted by Crippen LogP contribution is -2.12. The minimum atomic E-state index is -3.92. The summed E-state index contributed by atoms with van der Waals surface area (Å²) in [7, 11) is -3.92. The smallest absolute Gasteiger partial charge is 0.291 e. The Morgan fingerprint density at radius 1 is 1.07 bits per heavy atom. The van der Waals surface area contributed by atoms with Gasteiger partial charge in [0.25, 0.3) is 20.3 Å². The van der Waals surface area contributed by atoms with E-state index in [4.69, 9.17) is 23.2 Å². The van der Waals surface area contributed by atoms with Crippen LogP contribution in [0.15, 0.2) is 46.8 Å². The number of nitrogens with one attached hydrogen (secondary N) is 2. The van der Waals surface area contributed by atoms with Crippen LogP contribution in [0, 0.1) is 6.92 Å². The molecular weight excluding hydrogens is 431 g/mol. The Kier molecular flexibility index (Phi) is 5.66. The third kappa shape index (κ3) is 4.75. The van der Waals surface area contributed by atoms with E-state index in [0.717, 1.165) is 16.9 Å². The molecule has 0 unspecified atom stereocenters. The molecule has 1 aromatic heterocycles. The molecule has 1 heterocycles. The summed E-state index contributed by atoms with van der Waals surface area (Å²) in [5.74, 6) is -0.553. The first-order chi connectivity index (χ1) is 12.7. The number of carbonyl (C=O) groups excluding carboxylic acids is 1. The van der Waals surface area contributed by atoms with Crippen molar-refractivity contribution in [2.75, 3.05) is 10.0 Å². The first kappa shape index (κ1) is 19.6. The molecule has 2 aromatic carbocycles. The summed E-state index contributed by atoms with van der Waals surface area (Å²) in [4.78, 5) is 12.3. The number of benzene rings is 2. The summed E-state index contributed by atoms with van der Waals surface area (Å²) in [6.07, 6.45) is 0. The first-order valence-corrected chi connectivity index (χ1v) is 10.5. The minimum Gasteiger partial charge on any atom is -0.296 e. The number of sulfonamides is 1. The average molecular weight is 443 g/mol. The number of amides is 1. The number of aryl methyl sites for hydroxylation is 1. The average Bonchev–Trinajstić information content (AvgIpc) is 3.06. The second kappa shape index (κ2) is 7.81. The van der Waals surface area contributed by atoms with Crippen LogP contribution >= 0.6 is 34.5 Å². The maximum Gasteiger partial charge on any atom is 0.291 e. The first-order valence-electron chi connectivity index (χ1n) is 7.44. The Morgan fingerprint density at radius 3 is 2.44 bits per heavy atom. The van der Waals surface area contributed by atoms with Crippen molar-refractivity contribution in [3.63, 3.8) is 0 Å². The van der Waals surface area contributed by atoms with Crippen LogP contribution in [-0.4, -0.2) is 24.5 Å². The Bertz CT molecular complexity index is 1100. The molecule has 11 heteroatoms. The van der Waals surface area contributed by atoms with Crippen molar-refractivity contribution < 1.29 is 13.2 Å². The van der Waals surface area contributed by atoms with Crippen molar-refractivity contribution in [3.05, 3.63) is 63.6 Å². The second-order valence-electron chi connectivity index (χ2n) is 5.42. The summed E-state index contributed by atoms with van der Waals surface area (Å²) >= 11 is 12.5. The van der Waals surface area contributed by atoms with Gasteiger partial charge < -0.3 is 0 Å². The largest absolute Gasteiger partial charge is 0.296 e. The van der Waals surface area contributed by atoms with Crippen molar-refractivity contribution in [1.29, 1.82) is 0 Å². The number of aromatic nitrogens is 2. The van der Waals surface area contributed by atoms with Gasteiger partial charge >= 0.3 is 0 Å². The van der Waals surface area contributed by atoms with E-state index in [1.165, 1.54) is 18.2 Å². The van der Waals surface area contributed by atoms with Crippen LogP contribution in [-0.2, 0) is 10.0 Å². The Hall–Kier alpha value is -2.20. The third-order valence-corrected chi connectivity index (χ3v) is 6.47. The van der Waals surface area contributed by atoms with Crippen LogP contribution in [0.3, 0.4) is 0 Å². The Labute approximate surface area is 169 Å². The van der Waals surface area contributed by atoms with E-state index in [9.17, 15) is 13.2 Å². The highest BCUT2D eigenvalue weighted by atomic mass is 35.5. The Balaban J connectivity index is 1.75. The molecule has 0 spiro atoms. The van der Waals surface area contributed by atoms with Gasteiger partial charge in [0.1, 0.15) is 0 Å². The number of anilines is 2. The van der Waals surface area contributed by atoms with E-state index in [1.54, 1.807) is 24.3 Å². The van der Waals surface area contributed by atoms with Gasteiger partial charge in [0.05, 0.1) is 10.6 Å². The van der Waals surface area contributed by atoms with E-state index >= 15 is 0 Å². The molecule has 3 rings (SSSR count). The molecule has 0 saturated carbocycles. The zero-order chi connectivity index (χ0) is 19.6. The quantitative estimate of drug-likeness (QED) is 0.576. The van der Waals surface area contributed by atoms with Crippen LogP contribution in [0.25, 0.3) is 0 Å². The van der Waals surface area contributed by atoms with Crippen LogP contribution in [0.4, 0.5) is 10.8 Å². The van der Waals surface area contributed by atoms with Crippen molar-refractivity contribution in [2.24, 2.45) is 0 Å². The number of nitrogens with zero attached hydrogens (tertiary/aromatic N) is 2. The number of hydrogen-bond acceptors (Lipinski definition) is 6. The highest BCUT2D eigenvalue weighted by molar-refractivity contribution is 7.94. The molecule has 0 bridgehead atoms. The van der Waals surface area contributed by atoms with Gasteiger partial charge in [0.15, 0.2) is 0 Å². The molecule has 2 N–H and O–H groups in total. The monoisotopic (exact) mass is 442 g/mol. The fourth-order valence-corrected chi connectivity index (χ4v) is 4.48. The van der Waals surface area contributed by atoms with Gasteiger partial charge in [-0.15, -0.1) is 10.2 Å². The summed E-state index contributed by atoms with van der Waals surface area (Å²) in [6, 6.07) is 11.2. The number of halogens is 2. The van der Waals surface area contributed by atoms with Gasteiger partial charge in [-0.25, -0.2) is 0 Å². The van der Waals surface area contributed by atoms with Gasteiger partial charge in [0, 0.05) is 10.7 Å². The molecule has 0 fully saturated rings. The predicted molar refractivity (Wildman–Crippen MR) is 106 cm³/mol. The molecule has 0 atom stereocenters. The van der Waals surface area contributed by atoms with E-state index in [2.05, 4.69) is 20.2 Å². The summed E-state index contributed by atoms with van der Waals surface area (Å²) in [5, 5.41) is 10.4. The van der Waals surface area contributed by atoms with E-state index in [-0.39, 0.29) is 20.1 Å². The summed E-state index contributed by atoms with van der Waals surface area (Å²) in [6.45, 7) is 1.89. The maximum absolute atomic E-state index is 12.4. The zero-order valence-corrected chi connectivity index (χ0v) is 16.9. The van der Waals surface area contributed by atoms with Crippen molar-refractivity contribution in [3.8, 4) is 0 Å².